The Bertz CT molecular complexity index is 695. The predicted octanol–water partition coefficient (Wildman–Crippen LogP) is 4.33. The van der Waals surface area contributed by atoms with Crippen LogP contribution in [-0.2, 0) is 20.7 Å². The summed E-state index contributed by atoms with van der Waals surface area (Å²) in [5.41, 5.74) is 1.86. The zero-order chi connectivity index (χ0) is 22.6. The third kappa shape index (κ3) is 9.92. The second kappa shape index (κ2) is 13.1. The Balaban J connectivity index is 2.54. The minimum atomic E-state index is -0.489. The first-order chi connectivity index (χ1) is 14.2. The van der Waals surface area contributed by atoms with Gasteiger partial charge in [0.05, 0.1) is 7.11 Å². The summed E-state index contributed by atoms with van der Waals surface area (Å²) in [6.07, 6.45) is 6.27. The number of aryl methyl sites for hydroxylation is 1. The lowest BCUT2D eigenvalue weighted by atomic mass is 9.99. The number of alkyl carbamates (subject to hydrolysis) is 1. The Morgan fingerprint density at radius 2 is 1.90 bits per heavy atom. The summed E-state index contributed by atoms with van der Waals surface area (Å²) >= 11 is 0. The second-order valence-corrected chi connectivity index (χ2v) is 8.43. The maximum absolute atomic E-state index is 12.0. The van der Waals surface area contributed by atoms with Crippen molar-refractivity contribution >= 4 is 18.1 Å². The number of amides is 1. The van der Waals surface area contributed by atoms with Crippen LogP contribution in [-0.4, -0.2) is 43.9 Å². The quantitative estimate of drug-likeness (QED) is 0.413. The molecule has 0 radical (unpaired) electrons. The van der Waals surface area contributed by atoms with Crippen molar-refractivity contribution in [2.75, 3.05) is 20.2 Å². The van der Waals surface area contributed by atoms with Gasteiger partial charge in [-0.1, -0.05) is 56.7 Å². The highest BCUT2D eigenvalue weighted by molar-refractivity contribution is 5.76. The van der Waals surface area contributed by atoms with Gasteiger partial charge in [0.2, 0.25) is 0 Å². The van der Waals surface area contributed by atoms with Crippen LogP contribution in [0.3, 0.4) is 0 Å². The molecule has 0 bridgehead atoms. The van der Waals surface area contributed by atoms with E-state index in [1.165, 1.54) is 12.7 Å². The first kappa shape index (κ1) is 25.7. The number of benzene rings is 1. The normalized spacial score (nSPS) is 13.7. The molecule has 0 aliphatic rings. The Morgan fingerprint density at radius 3 is 2.53 bits per heavy atom. The van der Waals surface area contributed by atoms with Gasteiger partial charge in [0.15, 0.2) is 0 Å². The highest BCUT2D eigenvalue weighted by Crippen LogP contribution is 2.14. The van der Waals surface area contributed by atoms with Crippen molar-refractivity contribution in [1.29, 1.82) is 0 Å². The molecule has 0 spiro atoms. The number of esters is 1. The number of hydrogen-bond donors (Lipinski definition) is 2. The van der Waals surface area contributed by atoms with E-state index in [0.717, 1.165) is 24.8 Å². The molecule has 0 saturated heterocycles. The number of methoxy groups -OCH3 is 1. The molecule has 6 heteroatoms. The topological polar surface area (TPSA) is 76.7 Å². The molecule has 0 saturated carbocycles. The lowest BCUT2D eigenvalue weighted by molar-refractivity contribution is -0.144. The van der Waals surface area contributed by atoms with Gasteiger partial charge >= 0.3 is 12.1 Å². The predicted molar refractivity (Wildman–Crippen MR) is 121 cm³/mol. The Kier molecular flexibility index (Phi) is 11.2. The van der Waals surface area contributed by atoms with Crippen LogP contribution in [0.1, 0.15) is 58.6 Å². The minimum absolute atomic E-state index is 0.204. The lowest BCUT2D eigenvalue weighted by Gasteiger charge is -2.21. The van der Waals surface area contributed by atoms with Crippen LogP contribution in [0.2, 0.25) is 0 Å². The first-order valence-electron chi connectivity index (χ1n) is 10.7. The van der Waals surface area contributed by atoms with E-state index in [1.807, 2.05) is 45.9 Å². The van der Waals surface area contributed by atoms with Crippen LogP contribution < -0.4 is 10.6 Å². The molecule has 2 atom stereocenters. The number of nitrogens with one attached hydrogen (secondary N) is 2. The SMILES string of the molecule is CC[C@H](C)[C@H](NC/C=C/c1ccccc1CCCNC(=O)OC(C)(C)C)C(=O)OC. The molecule has 0 unspecified atom stereocenters. The van der Waals surface area contributed by atoms with Crippen LogP contribution in [0.25, 0.3) is 6.08 Å². The molecule has 0 aromatic heterocycles. The van der Waals surface area contributed by atoms with E-state index >= 15 is 0 Å². The van der Waals surface area contributed by atoms with Gasteiger partial charge in [-0.15, -0.1) is 0 Å². The van der Waals surface area contributed by atoms with Gasteiger partial charge in [0.25, 0.3) is 0 Å². The summed E-state index contributed by atoms with van der Waals surface area (Å²) in [5, 5.41) is 6.06. The summed E-state index contributed by atoms with van der Waals surface area (Å²) in [7, 11) is 1.42. The van der Waals surface area contributed by atoms with Gasteiger partial charge in [0.1, 0.15) is 11.6 Å². The number of carbonyl (C=O) groups is 2. The maximum Gasteiger partial charge on any atom is 0.407 e. The first-order valence-corrected chi connectivity index (χ1v) is 10.7. The number of hydrogen-bond acceptors (Lipinski definition) is 5. The van der Waals surface area contributed by atoms with Crippen molar-refractivity contribution in [3.63, 3.8) is 0 Å². The maximum atomic E-state index is 12.0. The van der Waals surface area contributed by atoms with E-state index in [1.54, 1.807) is 0 Å². The van der Waals surface area contributed by atoms with Crippen LogP contribution in [0, 0.1) is 5.92 Å². The molecule has 0 aliphatic heterocycles. The molecule has 1 aromatic carbocycles. The molecule has 1 amide bonds. The van der Waals surface area contributed by atoms with E-state index < -0.39 is 5.60 Å². The number of ether oxygens (including phenoxy) is 2. The molecule has 0 fully saturated rings. The highest BCUT2D eigenvalue weighted by atomic mass is 16.6. The monoisotopic (exact) mass is 418 g/mol. The van der Waals surface area contributed by atoms with Crippen molar-refractivity contribution in [3.8, 4) is 0 Å². The van der Waals surface area contributed by atoms with Gasteiger partial charge in [-0.05, 0) is 50.7 Å². The molecule has 1 aromatic rings. The van der Waals surface area contributed by atoms with E-state index in [-0.39, 0.29) is 24.0 Å². The van der Waals surface area contributed by atoms with Gasteiger partial charge in [0, 0.05) is 13.1 Å². The summed E-state index contributed by atoms with van der Waals surface area (Å²) in [4.78, 5) is 23.7. The Hall–Kier alpha value is -2.34. The Labute approximate surface area is 181 Å². The van der Waals surface area contributed by atoms with Gasteiger partial charge < -0.3 is 20.1 Å². The Morgan fingerprint density at radius 1 is 1.20 bits per heavy atom. The molecule has 2 N–H and O–H groups in total. The third-order valence-corrected chi connectivity index (χ3v) is 4.77. The molecular weight excluding hydrogens is 380 g/mol. The van der Waals surface area contributed by atoms with Gasteiger partial charge in [-0.3, -0.25) is 4.79 Å². The van der Waals surface area contributed by atoms with Crippen LogP contribution in [0.4, 0.5) is 4.79 Å². The van der Waals surface area contributed by atoms with Crippen LogP contribution in [0.15, 0.2) is 30.3 Å². The highest BCUT2D eigenvalue weighted by Gasteiger charge is 2.23. The van der Waals surface area contributed by atoms with Gasteiger partial charge in [-0.2, -0.15) is 0 Å². The number of rotatable bonds is 11. The largest absolute Gasteiger partial charge is 0.468 e. The summed E-state index contributed by atoms with van der Waals surface area (Å²) in [6, 6.07) is 7.88. The molecule has 6 nitrogen and oxygen atoms in total. The number of carbonyl (C=O) groups excluding carboxylic acids is 2. The third-order valence-electron chi connectivity index (χ3n) is 4.77. The fraction of sp³-hybridized carbons (Fsp3) is 0.583. The van der Waals surface area contributed by atoms with Crippen LogP contribution >= 0.6 is 0 Å². The van der Waals surface area contributed by atoms with Crippen molar-refractivity contribution in [1.82, 2.24) is 10.6 Å². The molecule has 1 rings (SSSR count). The molecule has 168 valence electrons. The average molecular weight is 419 g/mol. The van der Waals surface area contributed by atoms with Crippen molar-refractivity contribution in [3.05, 3.63) is 41.5 Å². The molecule has 30 heavy (non-hydrogen) atoms. The van der Waals surface area contributed by atoms with Crippen LogP contribution in [0.5, 0.6) is 0 Å². The van der Waals surface area contributed by atoms with E-state index in [4.69, 9.17) is 9.47 Å². The smallest absolute Gasteiger partial charge is 0.407 e. The molecule has 0 aliphatic carbocycles. The van der Waals surface area contributed by atoms with Crippen molar-refractivity contribution in [2.45, 2.75) is 65.5 Å². The van der Waals surface area contributed by atoms with Gasteiger partial charge in [-0.25, -0.2) is 4.79 Å². The van der Waals surface area contributed by atoms with Crippen molar-refractivity contribution < 1.29 is 19.1 Å². The summed E-state index contributed by atoms with van der Waals surface area (Å²) < 4.78 is 10.2. The van der Waals surface area contributed by atoms with E-state index in [0.29, 0.717) is 13.1 Å². The van der Waals surface area contributed by atoms with Crippen molar-refractivity contribution in [2.24, 2.45) is 5.92 Å². The zero-order valence-corrected chi connectivity index (χ0v) is 19.3. The molecule has 0 heterocycles. The minimum Gasteiger partial charge on any atom is -0.468 e. The lowest BCUT2D eigenvalue weighted by Crippen LogP contribution is -2.42. The summed E-state index contributed by atoms with van der Waals surface area (Å²) in [6.45, 7) is 10.8. The molecular formula is C24H38N2O4. The average Bonchev–Trinajstić information content (AvgIpc) is 2.69. The standard InChI is InChI=1S/C24H38N2O4/c1-7-18(2)21(22(27)29-6)25-16-10-14-19-12-8-9-13-20(19)15-11-17-26-23(28)30-24(3,4)5/h8-10,12-14,18,21,25H,7,11,15-17H2,1-6H3,(H,26,28)/b14-10+/t18-,21-/m0/s1. The fourth-order valence-electron chi connectivity index (χ4n) is 2.97. The second-order valence-electron chi connectivity index (χ2n) is 8.43. The fourth-order valence-corrected chi connectivity index (χ4v) is 2.97. The summed E-state index contributed by atoms with van der Waals surface area (Å²) in [5.74, 6) is -0.0220. The van der Waals surface area contributed by atoms with E-state index in [9.17, 15) is 9.59 Å². The van der Waals surface area contributed by atoms with E-state index in [2.05, 4.69) is 35.8 Å². The zero-order valence-electron chi connectivity index (χ0n) is 19.3.